The second kappa shape index (κ2) is 5.11. The van der Waals surface area contributed by atoms with E-state index in [9.17, 15) is 9.59 Å². The Hall–Kier alpha value is -2.11. The van der Waals surface area contributed by atoms with Gasteiger partial charge >= 0.3 is 0 Å². The van der Waals surface area contributed by atoms with Crippen molar-refractivity contribution in [2.24, 2.45) is 5.92 Å². The molecule has 1 aliphatic heterocycles. The van der Waals surface area contributed by atoms with Gasteiger partial charge in [0.1, 0.15) is 0 Å². The van der Waals surface area contributed by atoms with E-state index < -0.39 is 0 Å². The molecule has 1 aromatic heterocycles. The predicted octanol–water partition coefficient (Wildman–Crippen LogP) is 0.546. The second-order valence-corrected chi connectivity index (χ2v) is 5.27. The van der Waals surface area contributed by atoms with Crippen LogP contribution in [0.2, 0.25) is 0 Å². The molecule has 0 radical (unpaired) electrons. The summed E-state index contributed by atoms with van der Waals surface area (Å²) in [6.07, 6.45) is 3.85. The van der Waals surface area contributed by atoms with Crippen LogP contribution in [0.15, 0.2) is 18.3 Å². The topological polar surface area (TPSA) is 80.3 Å². The van der Waals surface area contributed by atoms with Gasteiger partial charge in [-0.05, 0) is 24.5 Å². The third-order valence-corrected chi connectivity index (χ3v) is 3.73. The number of carbonyl (C=O) groups is 2. The highest BCUT2D eigenvalue weighted by Crippen LogP contribution is 2.31. The van der Waals surface area contributed by atoms with Crippen LogP contribution >= 0.6 is 0 Å². The van der Waals surface area contributed by atoms with Crippen molar-refractivity contribution >= 4 is 11.8 Å². The Morgan fingerprint density at radius 3 is 3.00 bits per heavy atom. The second-order valence-electron chi connectivity index (χ2n) is 5.27. The monoisotopic (exact) mass is 275 g/mol. The van der Waals surface area contributed by atoms with Crippen molar-refractivity contribution in [2.75, 3.05) is 7.11 Å². The lowest BCUT2D eigenvalue weighted by Gasteiger charge is -2.20. The van der Waals surface area contributed by atoms with Crippen molar-refractivity contribution in [1.29, 1.82) is 0 Å². The van der Waals surface area contributed by atoms with E-state index in [1.54, 1.807) is 19.4 Å². The summed E-state index contributed by atoms with van der Waals surface area (Å²) < 4.78 is 5.09. The Labute approximate surface area is 116 Å². The van der Waals surface area contributed by atoms with Crippen LogP contribution in [0.5, 0.6) is 5.88 Å². The molecule has 0 unspecified atom stereocenters. The summed E-state index contributed by atoms with van der Waals surface area (Å²) in [6.45, 7) is 0. The molecule has 0 aromatic carbocycles. The molecular formula is C14H17N3O3. The van der Waals surface area contributed by atoms with Crippen LogP contribution < -0.4 is 15.4 Å². The standard InChI is InChI=1S/C14H17N3O3/c1-20-12-6-9(4-5-15-12)13-10(7-11(18)17-13)16-14(19)8-2-3-8/h4-6,8,10,13H,2-3,7H2,1H3,(H,16,19)(H,17,18)/t10-,13+/m1/s1. The number of aromatic nitrogens is 1. The summed E-state index contributed by atoms with van der Waals surface area (Å²) in [5.74, 6) is 0.638. The maximum absolute atomic E-state index is 11.9. The minimum absolute atomic E-state index is 0.0492. The Bertz CT molecular complexity index is 542. The Balaban J connectivity index is 1.77. The number of carbonyl (C=O) groups excluding carboxylic acids is 2. The molecule has 1 saturated heterocycles. The summed E-state index contributed by atoms with van der Waals surface area (Å²) in [5.41, 5.74) is 0.892. The molecule has 2 atom stereocenters. The first-order chi connectivity index (χ1) is 9.67. The number of hydrogen-bond acceptors (Lipinski definition) is 4. The number of rotatable bonds is 4. The van der Waals surface area contributed by atoms with Gasteiger partial charge in [-0.25, -0.2) is 4.98 Å². The summed E-state index contributed by atoms with van der Waals surface area (Å²) in [5, 5.41) is 5.87. The van der Waals surface area contributed by atoms with Gasteiger partial charge in [-0.1, -0.05) is 0 Å². The number of nitrogens with one attached hydrogen (secondary N) is 2. The zero-order valence-electron chi connectivity index (χ0n) is 11.3. The van der Waals surface area contributed by atoms with E-state index in [-0.39, 0.29) is 29.8 Å². The molecule has 2 aliphatic rings. The number of ether oxygens (including phenoxy) is 1. The molecule has 106 valence electrons. The lowest BCUT2D eigenvalue weighted by Crippen LogP contribution is -2.39. The maximum atomic E-state index is 11.9. The Kier molecular flexibility index (Phi) is 3.30. The zero-order valence-corrected chi connectivity index (χ0v) is 11.3. The van der Waals surface area contributed by atoms with Gasteiger partial charge < -0.3 is 15.4 Å². The van der Waals surface area contributed by atoms with Crippen molar-refractivity contribution < 1.29 is 14.3 Å². The lowest BCUT2D eigenvalue weighted by atomic mass is 10.0. The predicted molar refractivity (Wildman–Crippen MR) is 70.9 cm³/mol. The van der Waals surface area contributed by atoms with E-state index in [0.29, 0.717) is 12.3 Å². The molecule has 2 N–H and O–H groups in total. The van der Waals surface area contributed by atoms with Gasteiger partial charge in [0.25, 0.3) is 0 Å². The molecular weight excluding hydrogens is 258 g/mol. The Morgan fingerprint density at radius 1 is 1.50 bits per heavy atom. The fourth-order valence-electron chi connectivity index (χ4n) is 2.48. The maximum Gasteiger partial charge on any atom is 0.223 e. The van der Waals surface area contributed by atoms with Gasteiger partial charge in [0.05, 0.1) is 19.2 Å². The molecule has 6 nitrogen and oxygen atoms in total. The summed E-state index contributed by atoms with van der Waals surface area (Å²) in [4.78, 5) is 27.6. The van der Waals surface area contributed by atoms with Crippen LogP contribution in [-0.4, -0.2) is 29.9 Å². The van der Waals surface area contributed by atoms with Crippen LogP contribution in [0, 0.1) is 5.92 Å². The van der Waals surface area contributed by atoms with Gasteiger partial charge in [-0.3, -0.25) is 9.59 Å². The van der Waals surface area contributed by atoms with E-state index in [2.05, 4.69) is 15.6 Å². The molecule has 2 amide bonds. The average molecular weight is 275 g/mol. The van der Waals surface area contributed by atoms with Crippen LogP contribution in [0.1, 0.15) is 30.9 Å². The SMILES string of the molecule is COc1cc([C@@H]2NC(=O)C[C@H]2NC(=O)C2CC2)ccn1. The molecule has 2 heterocycles. The average Bonchev–Trinajstić information content (AvgIpc) is 3.24. The first-order valence-corrected chi connectivity index (χ1v) is 6.77. The highest BCUT2D eigenvalue weighted by atomic mass is 16.5. The molecule has 1 aliphatic carbocycles. The number of pyridine rings is 1. The van der Waals surface area contributed by atoms with E-state index in [1.807, 2.05) is 6.07 Å². The number of methoxy groups -OCH3 is 1. The van der Waals surface area contributed by atoms with Crippen LogP contribution in [0.4, 0.5) is 0 Å². The molecule has 0 bridgehead atoms. The fraction of sp³-hybridized carbons (Fsp3) is 0.500. The number of hydrogen-bond donors (Lipinski definition) is 2. The molecule has 0 spiro atoms. The zero-order chi connectivity index (χ0) is 14.1. The molecule has 1 saturated carbocycles. The van der Waals surface area contributed by atoms with Crippen molar-refractivity contribution in [3.05, 3.63) is 23.9 Å². The van der Waals surface area contributed by atoms with Gasteiger partial charge in [0.15, 0.2) is 0 Å². The highest BCUT2D eigenvalue weighted by molar-refractivity contribution is 5.84. The first kappa shape index (κ1) is 12.9. The summed E-state index contributed by atoms with van der Waals surface area (Å²) >= 11 is 0. The van der Waals surface area contributed by atoms with Crippen LogP contribution in [0.3, 0.4) is 0 Å². The minimum Gasteiger partial charge on any atom is -0.481 e. The number of nitrogens with zero attached hydrogens (tertiary/aromatic N) is 1. The fourth-order valence-corrected chi connectivity index (χ4v) is 2.48. The third-order valence-electron chi connectivity index (χ3n) is 3.73. The lowest BCUT2D eigenvalue weighted by molar-refractivity contribution is -0.123. The minimum atomic E-state index is -0.220. The van der Waals surface area contributed by atoms with Gasteiger partial charge in [-0.15, -0.1) is 0 Å². The van der Waals surface area contributed by atoms with E-state index >= 15 is 0 Å². The van der Waals surface area contributed by atoms with Crippen molar-refractivity contribution in [3.8, 4) is 5.88 Å². The normalized spacial score (nSPS) is 25.1. The molecule has 2 fully saturated rings. The van der Waals surface area contributed by atoms with Gasteiger partial charge in [-0.2, -0.15) is 0 Å². The summed E-state index contributed by atoms with van der Waals surface area (Å²) in [7, 11) is 1.55. The summed E-state index contributed by atoms with van der Waals surface area (Å²) in [6, 6.07) is 3.19. The molecule has 1 aromatic rings. The molecule has 3 rings (SSSR count). The van der Waals surface area contributed by atoms with Crippen LogP contribution in [0.25, 0.3) is 0 Å². The first-order valence-electron chi connectivity index (χ1n) is 6.77. The largest absolute Gasteiger partial charge is 0.481 e. The Morgan fingerprint density at radius 2 is 2.30 bits per heavy atom. The molecule has 20 heavy (non-hydrogen) atoms. The smallest absolute Gasteiger partial charge is 0.223 e. The van der Waals surface area contributed by atoms with E-state index in [1.165, 1.54) is 0 Å². The van der Waals surface area contributed by atoms with E-state index in [0.717, 1.165) is 18.4 Å². The van der Waals surface area contributed by atoms with Crippen molar-refractivity contribution in [1.82, 2.24) is 15.6 Å². The molecule has 6 heteroatoms. The van der Waals surface area contributed by atoms with Gasteiger partial charge in [0, 0.05) is 24.6 Å². The van der Waals surface area contributed by atoms with Crippen molar-refractivity contribution in [2.45, 2.75) is 31.3 Å². The quantitative estimate of drug-likeness (QED) is 0.840. The van der Waals surface area contributed by atoms with Crippen molar-refractivity contribution in [3.63, 3.8) is 0 Å². The highest BCUT2D eigenvalue weighted by Gasteiger charge is 2.38. The van der Waals surface area contributed by atoms with E-state index in [4.69, 9.17) is 4.74 Å². The van der Waals surface area contributed by atoms with Gasteiger partial charge in [0.2, 0.25) is 17.7 Å². The number of amides is 2. The third kappa shape index (κ3) is 2.59. The van der Waals surface area contributed by atoms with Crippen LogP contribution in [-0.2, 0) is 9.59 Å².